The predicted octanol–water partition coefficient (Wildman–Crippen LogP) is 2.12. The number of piperidine rings is 2. The van der Waals surface area contributed by atoms with Crippen molar-refractivity contribution in [2.24, 2.45) is 11.8 Å². The summed E-state index contributed by atoms with van der Waals surface area (Å²) in [6.45, 7) is 6.20. The molecule has 1 aromatic rings. The Balaban J connectivity index is 1.59. The van der Waals surface area contributed by atoms with Gasteiger partial charge in [0.15, 0.2) is 0 Å². The number of nitrogens with zero attached hydrogens (tertiary/aromatic N) is 1. The standard InChI is InChI=1S/C15H22N2/c1-2-4-13(5-3-1)11-17-9-7-14-10-16-8-6-15(14)12-17/h1-5,14-16H,6-12H2/t14-,15-/m0/s1. The van der Waals surface area contributed by atoms with Gasteiger partial charge < -0.3 is 5.32 Å². The topological polar surface area (TPSA) is 15.3 Å². The maximum absolute atomic E-state index is 3.53. The number of hydrogen-bond acceptors (Lipinski definition) is 2. The van der Waals surface area contributed by atoms with Crippen molar-refractivity contribution >= 4 is 0 Å². The van der Waals surface area contributed by atoms with E-state index in [4.69, 9.17) is 0 Å². The van der Waals surface area contributed by atoms with Crippen molar-refractivity contribution in [3.05, 3.63) is 35.9 Å². The number of hydrogen-bond donors (Lipinski definition) is 1. The second kappa shape index (κ2) is 5.19. The van der Waals surface area contributed by atoms with Crippen molar-refractivity contribution < 1.29 is 0 Å². The smallest absolute Gasteiger partial charge is 0.0233 e. The van der Waals surface area contributed by atoms with Gasteiger partial charge in [0.2, 0.25) is 0 Å². The van der Waals surface area contributed by atoms with Gasteiger partial charge in [-0.1, -0.05) is 30.3 Å². The number of fused-ring (bicyclic) bond motifs is 1. The maximum atomic E-state index is 3.53. The van der Waals surface area contributed by atoms with E-state index in [2.05, 4.69) is 40.5 Å². The van der Waals surface area contributed by atoms with Crippen molar-refractivity contribution in [3.8, 4) is 0 Å². The molecule has 0 unspecified atom stereocenters. The quantitative estimate of drug-likeness (QED) is 0.837. The summed E-state index contributed by atoms with van der Waals surface area (Å²) in [6.07, 6.45) is 2.75. The van der Waals surface area contributed by atoms with Crippen LogP contribution in [0.15, 0.2) is 30.3 Å². The minimum atomic E-state index is 0.939. The fourth-order valence-corrected chi connectivity index (χ4v) is 3.31. The largest absolute Gasteiger partial charge is 0.316 e. The molecule has 0 aliphatic carbocycles. The summed E-state index contributed by atoms with van der Waals surface area (Å²) >= 11 is 0. The first-order valence-corrected chi connectivity index (χ1v) is 6.89. The summed E-state index contributed by atoms with van der Waals surface area (Å²) in [5.74, 6) is 1.88. The third-order valence-electron chi connectivity index (χ3n) is 4.32. The third-order valence-corrected chi connectivity index (χ3v) is 4.32. The molecule has 0 bridgehead atoms. The van der Waals surface area contributed by atoms with Crippen molar-refractivity contribution in [2.45, 2.75) is 19.4 Å². The van der Waals surface area contributed by atoms with Gasteiger partial charge >= 0.3 is 0 Å². The Kier molecular flexibility index (Phi) is 3.44. The van der Waals surface area contributed by atoms with Crippen molar-refractivity contribution in [1.29, 1.82) is 0 Å². The molecule has 2 atom stereocenters. The average molecular weight is 230 g/mol. The van der Waals surface area contributed by atoms with Gasteiger partial charge in [0.05, 0.1) is 0 Å². The second-order valence-corrected chi connectivity index (χ2v) is 5.52. The number of benzene rings is 1. The van der Waals surface area contributed by atoms with Gasteiger partial charge in [-0.3, -0.25) is 4.90 Å². The van der Waals surface area contributed by atoms with E-state index in [-0.39, 0.29) is 0 Å². The average Bonchev–Trinajstić information content (AvgIpc) is 2.40. The SMILES string of the molecule is c1ccc(CN2CC[C@H]3CNCC[C@H]3C2)cc1. The van der Waals surface area contributed by atoms with E-state index in [1.807, 2.05) is 0 Å². The Morgan fingerprint density at radius 1 is 1.12 bits per heavy atom. The van der Waals surface area contributed by atoms with Gasteiger partial charge in [-0.2, -0.15) is 0 Å². The third kappa shape index (κ3) is 2.70. The van der Waals surface area contributed by atoms with Crippen LogP contribution in [0.25, 0.3) is 0 Å². The van der Waals surface area contributed by atoms with Gasteiger partial charge in [-0.05, 0) is 49.9 Å². The van der Waals surface area contributed by atoms with Gasteiger partial charge in [0, 0.05) is 13.1 Å². The van der Waals surface area contributed by atoms with Gasteiger partial charge in [0.1, 0.15) is 0 Å². The van der Waals surface area contributed by atoms with Crippen LogP contribution in [0, 0.1) is 11.8 Å². The lowest BCUT2D eigenvalue weighted by Crippen LogP contribution is -2.47. The lowest BCUT2D eigenvalue weighted by molar-refractivity contribution is 0.0904. The molecule has 2 fully saturated rings. The normalized spacial score (nSPS) is 29.9. The Bertz CT molecular complexity index is 349. The van der Waals surface area contributed by atoms with E-state index in [9.17, 15) is 0 Å². The zero-order chi connectivity index (χ0) is 11.5. The summed E-state index contributed by atoms with van der Waals surface area (Å²) in [6, 6.07) is 10.9. The molecule has 2 heterocycles. The van der Waals surface area contributed by atoms with E-state index in [1.165, 1.54) is 44.6 Å². The first-order valence-electron chi connectivity index (χ1n) is 6.89. The lowest BCUT2D eigenvalue weighted by atomic mass is 9.81. The summed E-state index contributed by atoms with van der Waals surface area (Å²) in [4.78, 5) is 2.64. The summed E-state index contributed by atoms with van der Waals surface area (Å²) in [7, 11) is 0. The Hall–Kier alpha value is -0.860. The van der Waals surface area contributed by atoms with Crippen molar-refractivity contribution in [1.82, 2.24) is 10.2 Å². The molecule has 17 heavy (non-hydrogen) atoms. The molecule has 0 spiro atoms. The molecule has 1 aromatic carbocycles. The molecule has 0 saturated carbocycles. The molecule has 92 valence electrons. The zero-order valence-corrected chi connectivity index (χ0v) is 10.4. The maximum Gasteiger partial charge on any atom is 0.0233 e. The molecular formula is C15H22N2. The molecule has 3 rings (SSSR count). The number of likely N-dealkylation sites (tertiary alicyclic amines) is 1. The number of nitrogens with one attached hydrogen (secondary N) is 1. The molecule has 1 N–H and O–H groups in total. The predicted molar refractivity (Wildman–Crippen MR) is 70.8 cm³/mol. The first-order chi connectivity index (χ1) is 8.42. The highest BCUT2D eigenvalue weighted by molar-refractivity contribution is 5.14. The van der Waals surface area contributed by atoms with Crippen LogP contribution in [0.2, 0.25) is 0 Å². The van der Waals surface area contributed by atoms with Crippen LogP contribution in [0.1, 0.15) is 18.4 Å². The molecule has 2 nitrogen and oxygen atoms in total. The molecule has 0 amide bonds. The summed E-state index contributed by atoms with van der Waals surface area (Å²) in [5.41, 5.74) is 1.46. The van der Waals surface area contributed by atoms with Gasteiger partial charge in [0.25, 0.3) is 0 Å². The van der Waals surface area contributed by atoms with Crippen LogP contribution in [-0.2, 0) is 6.54 Å². The highest BCUT2D eigenvalue weighted by Gasteiger charge is 2.30. The monoisotopic (exact) mass is 230 g/mol. The summed E-state index contributed by atoms with van der Waals surface area (Å²) < 4.78 is 0. The van der Waals surface area contributed by atoms with Crippen LogP contribution >= 0.6 is 0 Å². The van der Waals surface area contributed by atoms with Gasteiger partial charge in [-0.25, -0.2) is 0 Å². The highest BCUT2D eigenvalue weighted by atomic mass is 15.1. The van der Waals surface area contributed by atoms with E-state index in [1.54, 1.807) is 0 Å². The highest BCUT2D eigenvalue weighted by Crippen LogP contribution is 2.28. The molecular weight excluding hydrogens is 208 g/mol. The molecule has 2 aliphatic heterocycles. The minimum Gasteiger partial charge on any atom is -0.316 e. The molecule has 0 aromatic heterocycles. The second-order valence-electron chi connectivity index (χ2n) is 5.52. The zero-order valence-electron chi connectivity index (χ0n) is 10.4. The first kappa shape index (κ1) is 11.2. The van der Waals surface area contributed by atoms with Crippen molar-refractivity contribution in [2.75, 3.05) is 26.2 Å². The van der Waals surface area contributed by atoms with Crippen molar-refractivity contribution in [3.63, 3.8) is 0 Å². The van der Waals surface area contributed by atoms with E-state index < -0.39 is 0 Å². The number of rotatable bonds is 2. The van der Waals surface area contributed by atoms with Gasteiger partial charge in [-0.15, -0.1) is 0 Å². The molecule has 2 heteroatoms. The fraction of sp³-hybridized carbons (Fsp3) is 0.600. The van der Waals surface area contributed by atoms with Crippen LogP contribution < -0.4 is 5.32 Å². The summed E-state index contributed by atoms with van der Waals surface area (Å²) in [5, 5.41) is 3.53. The van der Waals surface area contributed by atoms with Crippen LogP contribution in [0.5, 0.6) is 0 Å². The Morgan fingerprint density at radius 3 is 2.88 bits per heavy atom. The van der Waals surface area contributed by atoms with E-state index >= 15 is 0 Å². The van der Waals surface area contributed by atoms with Crippen LogP contribution in [-0.4, -0.2) is 31.1 Å². The Morgan fingerprint density at radius 2 is 2.00 bits per heavy atom. The molecule has 2 saturated heterocycles. The molecule has 0 radical (unpaired) electrons. The Labute approximate surface area is 104 Å². The minimum absolute atomic E-state index is 0.939. The van der Waals surface area contributed by atoms with E-state index in [0.717, 1.165) is 18.4 Å². The van der Waals surface area contributed by atoms with E-state index in [0.29, 0.717) is 0 Å². The molecule has 2 aliphatic rings. The fourth-order valence-electron chi connectivity index (χ4n) is 3.31. The van der Waals surface area contributed by atoms with Crippen LogP contribution in [0.4, 0.5) is 0 Å². The lowest BCUT2D eigenvalue weighted by Gasteiger charge is -2.41. The van der Waals surface area contributed by atoms with Crippen LogP contribution in [0.3, 0.4) is 0 Å².